The summed E-state index contributed by atoms with van der Waals surface area (Å²) in [5.41, 5.74) is 0.262. The second kappa shape index (κ2) is 16.4. The third-order valence-electron chi connectivity index (χ3n) is 8.35. The predicted molar refractivity (Wildman–Crippen MR) is 192 cm³/mol. The van der Waals surface area contributed by atoms with Crippen molar-refractivity contribution in [1.29, 1.82) is 0 Å². The summed E-state index contributed by atoms with van der Waals surface area (Å²) in [4.78, 5) is 12.6. The molecule has 0 aromatic heterocycles. The summed E-state index contributed by atoms with van der Waals surface area (Å²) >= 11 is 0. The van der Waals surface area contributed by atoms with Crippen LogP contribution in [0.3, 0.4) is 0 Å². The Bertz CT molecular complexity index is 1710. The van der Waals surface area contributed by atoms with Gasteiger partial charge in [0.05, 0.1) is 6.61 Å². The van der Waals surface area contributed by atoms with Gasteiger partial charge in [0.1, 0.15) is 11.2 Å². The maximum Gasteiger partial charge on any atom is 0.378 e. The number of aliphatic hydroxyl groups is 3. The van der Waals surface area contributed by atoms with Crippen LogP contribution in [-0.2, 0) is 14.3 Å². The molecule has 0 saturated heterocycles. The van der Waals surface area contributed by atoms with Crippen LogP contribution in [0, 0.1) is 0 Å². The van der Waals surface area contributed by atoms with Gasteiger partial charge in [0.2, 0.25) is 5.76 Å². The van der Waals surface area contributed by atoms with E-state index in [9.17, 15) is 20.1 Å². The zero-order valence-electron chi connectivity index (χ0n) is 26.6. The number of aliphatic hydroxyl groups excluding tert-OH is 2. The third-order valence-corrected chi connectivity index (χ3v) is 8.35. The number of hydrogen-bond donors (Lipinski definition) is 3. The minimum Gasteiger partial charge on any atom is -0.505 e. The first-order valence-electron chi connectivity index (χ1n) is 16.0. The molecule has 4 aromatic rings. The maximum absolute atomic E-state index is 13.0. The molecule has 1 heterocycles. The van der Waals surface area contributed by atoms with Crippen LogP contribution in [0.25, 0.3) is 24.3 Å². The van der Waals surface area contributed by atoms with Crippen LogP contribution in [0.5, 0.6) is 0 Å². The molecule has 6 nitrogen and oxygen atoms in total. The minimum absolute atomic E-state index is 0.0854. The number of rotatable bonds is 15. The van der Waals surface area contributed by atoms with Gasteiger partial charge in [-0.2, -0.15) is 0 Å². The molecule has 48 heavy (non-hydrogen) atoms. The number of esters is 1. The molecule has 5 rings (SSSR count). The van der Waals surface area contributed by atoms with Gasteiger partial charge >= 0.3 is 5.97 Å². The van der Waals surface area contributed by atoms with E-state index in [2.05, 4.69) is 0 Å². The van der Waals surface area contributed by atoms with Gasteiger partial charge in [-0.3, -0.25) is 0 Å². The molecule has 0 unspecified atom stereocenters. The molecule has 3 N–H and O–H groups in total. The van der Waals surface area contributed by atoms with E-state index in [1.807, 2.05) is 164 Å². The highest BCUT2D eigenvalue weighted by molar-refractivity contribution is 5.89. The van der Waals surface area contributed by atoms with Gasteiger partial charge in [-0.25, -0.2) is 4.79 Å². The van der Waals surface area contributed by atoms with Crippen molar-refractivity contribution >= 4 is 30.3 Å². The summed E-state index contributed by atoms with van der Waals surface area (Å²) in [5, 5.41) is 34.4. The van der Waals surface area contributed by atoms with E-state index in [4.69, 9.17) is 9.47 Å². The molecule has 0 bridgehead atoms. The summed E-state index contributed by atoms with van der Waals surface area (Å²) < 4.78 is 12.3. The monoisotopic (exact) mass is 640 g/mol. The third kappa shape index (κ3) is 8.48. The number of carbonyl (C=O) groups excluding carboxylic acids is 1. The van der Waals surface area contributed by atoms with Crippen molar-refractivity contribution in [3.63, 3.8) is 0 Å². The summed E-state index contributed by atoms with van der Waals surface area (Å²) in [6.45, 7) is 0.0923. The zero-order chi connectivity index (χ0) is 33.7. The molecule has 244 valence electrons. The molecule has 0 fully saturated rings. The molecule has 4 aromatic carbocycles. The van der Waals surface area contributed by atoms with Crippen LogP contribution < -0.4 is 0 Å². The lowest BCUT2D eigenvalue weighted by molar-refractivity contribution is -0.219. The van der Waals surface area contributed by atoms with E-state index in [0.717, 1.165) is 22.3 Å². The number of ether oxygens (including phenoxy) is 2. The topological polar surface area (TPSA) is 96.2 Å². The van der Waals surface area contributed by atoms with E-state index in [1.165, 1.54) is 0 Å². The first-order valence-corrected chi connectivity index (χ1v) is 16.0. The smallest absolute Gasteiger partial charge is 0.378 e. The SMILES string of the molecule is O=C1O[C@H]([C@](O)(C/C=C/c2ccccc2)C(C/C=C/c2ccccc2)(C/C=C/c2ccccc2)OC/C=C/c2ccccc2)C(O)=C1O. The van der Waals surface area contributed by atoms with Gasteiger partial charge in [-0.15, -0.1) is 0 Å². The highest BCUT2D eigenvalue weighted by Crippen LogP contribution is 2.45. The average Bonchev–Trinajstić information content (AvgIpc) is 3.39. The largest absolute Gasteiger partial charge is 0.505 e. The molecule has 6 heteroatoms. The Balaban J connectivity index is 1.60. The Hall–Kier alpha value is -5.43. The average molecular weight is 641 g/mol. The van der Waals surface area contributed by atoms with Crippen molar-refractivity contribution in [3.05, 3.63) is 179 Å². The fourth-order valence-electron chi connectivity index (χ4n) is 5.78. The predicted octanol–water partition coefficient (Wildman–Crippen LogP) is 8.75. The standard InChI is InChI=1S/C42H40O6/c43-37-38(44)40(45)48-39(37)42(46,31-15-27-35-21-9-3-10-22-35)41(29-13-25-33-17-5-1-6-18-33,30-14-26-34-19-7-2-8-20-34)47-32-16-28-36-23-11-4-12-24-36/h1-28,39,43-44,46H,29-32H2/b25-13+,26-14+,27-15+,28-16+/t39-,42+/m0/s1. The summed E-state index contributed by atoms with van der Waals surface area (Å²) in [7, 11) is 0. The Morgan fingerprint density at radius 2 is 0.958 bits per heavy atom. The van der Waals surface area contributed by atoms with Crippen molar-refractivity contribution in [2.75, 3.05) is 6.61 Å². The number of carbonyl (C=O) groups is 1. The molecule has 2 atom stereocenters. The van der Waals surface area contributed by atoms with Crippen LogP contribution in [0.4, 0.5) is 0 Å². The van der Waals surface area contributed by atoms with Gasteiger partial charge in [-0.05, 0) is 35.1 Å². The van der Waals surface area contributed by atoms with E-state index in [1.54, 1.807) is 6.08 Å². The summed E-state index contributed by atoms with van der Waals surface area (Å²) in [6, 6.07) is 38.9. The summed E-state index contributed by atoms with van der Waals surface area (Å²) in [6.07, 6.45) is 13.8. The molecule has 1 aliphatic rings. The van der Waals surface area contributed by atoms with Gasteiger partial charge in [0, 0.05) is 6.42 Å². The lowest BCUT2D eigenvalue weighted by Crippen LogP contribution is -2.62. The first kappa shape index (κ1) is 33.9. The first-order chi connectivity index (χ1) is 23.4. The van der Waals surface area contributed by atoms with Crippen molar-refractivity contribution in [2.45, 2.75) is 36.6 Å². The lowest BCUT2D eigenvalue weighted by atomic mass is 9.71. The fourth-order valence-corrected chi connectivity index (χ4v) is 5.78. The molecular weight excluding hydrogens is 600 g/mol. The van der Waals surface area contributed by atoms with E-state index < -0.39 is 34.8 Å². The molecular formula is C42H40O6. The van der Waals surface area contributed by atoms with Crippen LogP contribution >= 0.6 is 0 Å². The lowest BCUT2D eigenvalue weighted by Gasteiger charge is -2.48. The number of hydrogen-bond acceptors (Lipinski definition) is 6. The highest BCUT2D eigenvalue weighted by Gasteiger charge is 2.60. The maximum atomic E-state index is 13.0. The molecule has 0 aliphatic carbocycles. The fraction of sp³-hybridized carbons (Fsp3) is 0.167. The van der Waals surface area contributed by atoms with Gasteiger partial charge < -0.3 is 24.8 Å². The van der Waals surface area contributed by atoms with E-state index in [-0.39, 0.29) is 25.9 Å². The molecule has 0 saturated carbocycles. The second-order valence-corrected chi connectivity index (χ2v) is 11.6. The Morgan fingerprint density at radius 3 is 1.33 bits per heavy atom. The van der Waals surface area contributed by atoms with Crippen molar-refractivity contribution < 1.29 is 29.6 Å². The molecule has 0 amide bonds. The normalized spacial score (nSPS) is 16.8. The molecule has 0 spiro atoms. The molecule has 1 aliphatic heterocycles. The highest BCUT2D eigenvalue weighted by atomic mass is 16.6. The Morgan fingerprint density at radius 1 is 0.583 bits per heavy atom. The van der Waals surface area contributed by atoms with E-state index in [0.29, 0.717) is 0 Å². The van der Waals surface area contributed by atoms with Crippen LogP contribution in [-0.4, -0.2) is 45.2 Å². The summed E-state index contributed by atoms with van der Waals surface area (Å²) in [5.74, 6) is -2.77. The van der Waals surface area contributed by atoms with Crippen molar-refractivity contribution in [2.24, 2.45) is 0 Å². The van der Waals surface area contributed by atoms with E-state index >= 15 is 0 Å². The number of benzene rings is 4. The van der Waals surface area contributed by atoms with Crippen LogP contribution in [0.15, 0.2) is 157 Å². The van der Waals surface area contributed by atoms with Gasteiger partial charge in [-0.1, -0.05) is 170 Å². The number of cyclic esters (lactones) is 1. The van der Waals surface area contributed by atoms with Crippen LogP contribution in [0.1, 0.15) is 41.5 Å². The Kier molecular flexibility index (Phi) is 11.6. The molecule has 0 radical (unpaired) electrons. The van der Waals surface area contributed by atoms with Crippen molar-refractivity contribution in [1.82, 2.24) is 0 Å². The second-order valence-electron chi connectivity index (χ2n) is 11.6. The van der Waals surface area contributed by atoms with Crippen molar-refractivity contribution in [3.8, 4) is 0 Å². The minimum atomic E-state index is -2.05. The Labute approximate surface area is 281 Å². The van der Waals surface area contributed by atoms with Crippen LogP contribution in [0.2, 0.25) is 0 Å². The van der Waals surface area contributed by atoms with Gasteiger partial charge in [0.25, 0.3) is 0 Å². The van der Waals surface area contributed by atoms with Gasteiger partial charge in [0.15, 0.2) is 11.9 Å². The zero-order valence-corrected chi connectivity index (χ0v) is 26.6. The quantitative estimate of drug-likeness (QED) is 0.113.